The second-order valence-corrected chi connectivity index (χ2v) is 9.56. The normalized spacial score (nSPS) is 22.2. The van der Waals surface area contributed by atoms with E-state index in [4.69, 9.17) is 9.47 Å². The van der Waals surface area contributed by atoms with Gasteiger partial charge in [0, 0.05) is 5.33 Å². The van der Waals surface area contributed by atoms with Gasteiger partial charge in [-0.05, 0) is 44.7 Å². The first-order valence-corrected chi connectivity index (χ1v) is 11.9. The molecular weight excluding hydrogens is 474 g/mol. The molecule has 6 nitrogen and oxygen atoms in total. The van der Waals surface area contributed by atoms with E-state index in [2.05, 4.69) is 15.9 Å². The van der Waals surface area contributed by atoms with E-state index in [0.717, 1.165) is 11.1 Å². The molecule has 0 aliphatic carbocycles. The number of carbonyl (C=O) groups excluding carboxylic acids is 2. The van der Waals surface area contributed by atoms with Gasteiger partial charge in [-0.2, -0.15) is 0 Å². The Morgan fingerprint density at radius 3 is 2.19 bits per heavy atom. The summed E-state index contributed by atoms with van der Waals surface area (Å²) in [7, 11) is 0. The molecule has 2 aromatic carbocycles. The van der Waals surface area contributed by atoms with Gasteiger partial charge in [0.25, 0.3) is 0 Å². The summed E-state index contributed by atoms with van der Waals surface area (Å²) in [6.45, 7) is 5.38. The topological polar surface area (TPSA) is 76.1 Å². The smallest absolute Gasteiger partial charge is 0.411 e. The Balaban J connectivity index is 2.08. The molecule has 3 rings (SSSR count). The minimum Gasteiger partial charge on any atom is -0.453 e. The van der Waals surface area contributed by atoms with Gasteiger partial charge in [0.2, 0.25) is 0 Å². The molecule has 1 N–H and O–H groups in total. The molecule has 4 atom stereocenters. The highest BCUT2D eigenvalue weighted by atomic mass is 79.9. The van der Waals surface area contributed by atoms with Crippen LogP contribution >= 0.6 is 15.9 Å². The van der Waals surface area contributed by atoms with Gasteiger partial charge in [0.15, 0.2) is 6.10 Å². The summed E-state index contributed by atoms with van der Waals surface area (Å²) in [5.74, 6) is -0.501. The number of ether oxygens (including phenoxy) is 2. The van der Waals surface area contributed by atoms with Crippen molar-refractivity contribution in [3.8, 4) is 0 Å². The lowest BCUT2D eigenvalue weighted by Crippen LogP contribution is -2.55. The number of morpholine rings is 1. The van der Waals surface area contributed by atoms with E-state index in [1.165, 1.54) is 4.90 Å². The van der Waals surface area contributed by atoms with Gasteiger partial charge in [-0.15, -0.1) is 0 Å². The van der Waals surface area contributed by atoms with Crippen LogP contribution in [0.2, 0.25) is 0 Å². The Labute approximate surface area is 197 Å². The van der Waals surface area contributed by atoms with Crippen molar-refractivity contribution in [1.29, 1.82) is 0 Å². The fourth-order valence-electron chi connectivity index (χ4n) is 3.84. The number of hydrogen-bond acceptors (Lipinski definition) is 5. The number of cyclic esters (lactones) is 1. The number of carbonyl (C=O) groups is 2. The molecule has 7 heteroatoms. The van der Waals surface area contributed by atoms with Crippen molar-refractivity contribution in [2.75, 3.05) is 5.33 Å². The Morgan fingerprint density at radius 2 is 1.66 bits per heavy atom. The number of benzene rings is 2. The Bertz CT molecular complexity index is 900. The third-order valence-corrected chi connectivity index (χ3v) is 6.01. The van der Waals surface area contributed by atoms with Crippen molar-refractivity contribution in [2.24, 2.45) is 0 Å². The third kappa shape index (κ3) is 5.90. The van der Waals surface area contributed by atoms with Crippen molar-refractivity contribution in [3.05, 3.63) is 71.8 Å². The minimum absolute atomic E-state index is 0.260. The second kappa shape index (κ2) is 10.5. The molecular formula is C25H30BrNO5. The molecule has 1 aliphatic heterocycles. The number of aliphatic hydroxyl groups is 1. The van der Waals surface area contributed by atoms with Crippen molar-refractivity contribution < 1.29 is 24.2 Å². The van der Waals surface area contributed by atoms with E-state index in [0.29, 0.717) is 11.8 Å². The molecule has 32 heavy (non-hydrogen) atoms. The fourth-order valence-corrected chi connectivity index (χ4v) is 4.16. The van der Waals surface area contributed by atoms with E-state index in [-0.39, 0.29) is 6.42 Å². The predicted octanol–water partition coefficient (Wildman–Crippen LogP) is 5.17. The molecule has 172 valence electrons. The highest BCUT2D eigenvalue weighted by Crippen LogP contribution is 2.43. The van der Waals surface area contributed by atoms with E-state index < -0.39 is 42.0 Å². The first-order valence-electron chi connectivity index (χ1n) is 10.8. The first-order chi connectivity index (χ1) is 15.2. The van der Waals surface area contributed by atoms with Crippen LogP contribution in [0.1, 0.15) is 56.9 Å². The minimum atomic E-state index is -0.872. The Morgan fingerprint density at radius 1 is 1.09 bits per heavy atom. The van der Waals surface area contributed by atoms with Crippen molar-refractivity contribution >= 4 is 28.0 Å². The number of aliphatic hydroxyl groups excluding tert-OH is 1. The van der Waals surface area contributed by atoms with E-state index >= 15 is 0 Å². The number of amides is 1. The molecule has 0 radical (unpaired) electrons. The molecule has 2 aromatic rings. The number of hydrogen-bond donors (Lipinski definition) is 1. The summed E-state index contributed by atoms with van der Waals surface area (Å²) in [5, 5.41) is 10.5. The van der Waals surface area contributed by atoms with Crippen molar-refractivity contribution in [3.63, 3.8) is 0 Å². The van der Waals surface area contributed by atoms with E-state index in [9.17, 15) is 14.7 Å². The molecule has 0 aromatic heterocycles. The van der Waals surface area contributed by atoms with Crippen LogP contribution in [0.25, 0.3) is 0 Å². The largest absolute Gasteiger partial charge is 0.453 e. The summed E-state index contributed by atoms with van der Waals surface area (Å²) in [6, 6.07) is 17.5. The average molecular weight is 504 g/mol. The lowest BCUT2D eigenvalue weighted by molar-refractivity contribution is -0.175. The maximum absolute atomic E-state index is 13.5. The second-order valence-electron chi connectivity index (χ2n) is 8.91. The van der Waals surface area contributed by atoms with E-state index in [1.54, 1.807) is 20.8 Å². The summed E-state index contributed by atoms with van der Waals surface area (Å²) >= 11 is 3.26. The zero-order chi connectivity index (χ0) is 23.3. The summed E-state index contributed by atoms with van der Waals surface area (Å²) in [6.07, 6.45) is -1.30. The van der Waals surface area contributed by atoms with Crippen LogP contribution < -0.4 is 0 Å². The molecule has 1 amide bonds. The van der Waals surface area contributed by atoms with Gasteiger partial charge in [-0.25, -0.2) is 9.59 Å². The molecule has 0 saturated carbocycles. The maximum Gasteiger partial charge on any atom is 0.411 e. The summed E-state index contributed by atoms with van der Waals surface area (Å²) in [5.41, 5.74) is 0.898. The third-order valence-electron chi connectivity index (χ3n) is 5.26. The lowest BCUT2D eigenvalue weighted by atomic mass is 9.90. The molecule has 0 bridgehead atoms. The Kier molecular flexibility index (Phi) is 7.96. The highest BCUT2D eigenvalue weighted by molar-refractivity contribution is 9.09. The van der Waals surface area contributed by atoms with Crippen LogP contribution in [0, 0.1) is 0 Å². The lowest BCUT2D eigenvalue weighted by Gasteiger charge is -2.45. The Hall–Kier alpha value is -2.38. The SMILES string of the molecule is CC(C)(C)OC(=O)N1[C@@H](CC[C@@H](O)CBr)C(=O)O[C@H](c2ccccc2)[C@@H]1c1ccccc1. The van der Waals surface area contributed by atoms with Crippen LogP contribution in [0.5, 0.6) is 0 Å². The van der Waals surface area contributed by atoms with Crippen LogP contribution in [0.15, 0.2) is 60.7 Å². The van der Waals surface area contributed by atoms with Gasteiger partial charge in [-0.3, -0.25) is 4.90 Å². The number of rotatable bonds is 6. The molecule has 1 saturated heterocycles. The van der Waals surface area contributed by atoms with Gasteiger partial charge >= 0.3 is 12.1 Å². The zero-order valence-corrected chi connectivity index (χ0v) is 20.2. The highest BCUT2D eigenvalue weighted by Gasteiger charge is 2.48. The van der Waals surface area contributed by atoms with Crippen LogP contribution in [-0.4, -0.2) is 45.1 Å². The molecule has 1 fully saturated rings. The quantitative estimate of drug-likeness (QED) is 0.434. The van der Waals surface area contributed by atoms with Gasteiger partial charge in [0.1, 0.15) is 17.7 Å². The summed E-state index contributed by atoms with van der Waals surface area (Å²) < 4.78 is 11.7. The monoisotopic (exact) mass is 503 g/mol. The number of halogens is 1. The van der Waals surface area contributed by atoms with E-state index in [1.807, 2.05) is 60.7 Å². The molecule has 1 aliphatic rings. The first kappa shape index (κ1) is 24.3. The standard InChI is InChI=1S/C25H30BrNO5/c1-25(2,3)32-24(30)27-20(15-14-19(28)16-26)23(29)31-22(18-12-8-5-9-13-18)21(27)17-10-6-4-7-11-17/h4-13,19-22,28H,14-16H2,1-3H3/t19-,20+,21+,22-/m1/s1. The average Bonchev–Trinajstić information content (AvgIpc) is 2.77. The van der Waals surface area contributed by atoms with Crippen LogP contribution in [-0.2, 0) is 14.3 Å². The van der Waals surface area contributed by atoms with Gasteiger partial charge < -0.3 is 14.6 Å². The fraction of sp³-hybridized carbons (Fsp3) is 0.440. The number of esters is 1. The number of alkyl halides is 1. The van der Waals surface area contributed by atoms with Crippen molar-refractivity contribution in [2.45, 2.75) is 63.5 Å². The van der Waals surface area contributed by atoms with Crippen molar-refractivity contribution in [1.82, 2.24) is 4.90 Å². The zero-order valence-electron chi connectivity index (χ0n) is 18.6. The van der Waals surface area contributed by atoms with Crippen LogP contribution in [0.4, 0.5) is 4.79 Å². The molecule has 1 heterocycles. The van der Waals surface area contributed by atoms with Gasteiger partial charge in [0.05, 0.1) is 6.10 Å². The van der Waals surface area contributed by atoms with Crippen LogP contribution in [0.3, 0.4) is 0 Å². The predicted molar refractivity (Wildman–Crippen MR) is 125 cm³/mol. The molecule has 0 unspecified atom stereocenters. The van der Waals surface area contributed by atoms with Gasteiger partial charge in [-0.1, -0.05) is 76.6 Å². The number of nitrogens with zero attached hydrogens (tertiary/aromatic N) is 1. The molecule has 0 spiro atoms. The maximum atomic E-state index is 13.5. The summed E-state index contributed by atoms with van der Waals surface area (Å²) in [4.78, 5) is 28.1.